The maximum Gasteiger partial charge on any atom is 0.490 e. The van der Waals surface area contributed by atoms with Gasteiger partial charge in [-0.15, -0.1) is 0 Å². The van der Waals surface area contributed by atoms with E-state index in [1.165, 1.54) is 18.2 Å². The molecular weight excluding hydrogens is 658 g/mol. The largest absolute Gasteiger partial charge is 0.490 e. The van der Waals surface area contributed by atoms with E-state index >= 15 is 0 Å². The first-order chi connectivity index (χ1) is 22.1. The maximum atomic E-state index is 13.9. The first-order valence-electron chi connectivity index (χ1n) is 14.5. The Morgan fingerprint density at radius 1 is 1.06 bits per heavy atom. The van der Waals surface area contributed by atoms with Gasteiger partial charge in [0.25, 0.3) is 5.91 Å². The molecule has 0 spiro atoms. The number of aliphatic carboxylic acids is 1. The van der Waals surface area contributed by atoms with E-state index in [9.17, 15) is 45.5 Å². The van der Waals surface area contributed by atoms with Crippen LogP contribution in [0.3, 0.4) is 0 Å². The highest BCUT2D eigenvalue weighted by molar-refractivity contribution is 6.00. The Kier molecular flexibility index (Phi) is 11.5. The molecule has 264 valence electrons. The van der Waals surface area contributed by atoms with Gasteiger partial charge in [-0.25, -0.2) is 9.48 Å². The third kappa shape index (κ3) is 9.68. The zero-order chi connectivity index (χ0) is 36.2. The summed E-state index contributed by atoms with van der Waals surface area (Å²) in [5.74, 6) is -5.14. The molecule has 0 radical (unpaired) electrons. The highest BCUT2D eigenvalue weighted by atomic mass is 19.4. The number of hydrogen-bond acceptors (Lipinski definition) is 9. The minimum Gasteiger partial charge on any atom is -0.475 e. The van der Waals surface area contributed by atoms with Crippen LogP contribution in [-0.4, -0.2) is 75.8 Å². The molecule has 0 unspecified atom stereocenters. The number of nitrogens with two attached hydrogens (primary N) is 2. The van der Waals surface area contributed by atoms with Crippen LogP contribution in [0.1, 0.15) is 78.1 Å². The molecule has 0 bridgehead atoms. The average molecular weight is 693 g/mol. The van der Waals surface area contributed by atoms with E-state index < -0.39 is 58.6 Å². The number of carboxylic acid groups (broad SMARTS) is 1. The Balaban J connectivity index is 0.000000804. The number of ketones is 1. The lowest BCUT2D eigenvalue weighted by Gasteiger charge is -2.30. The Morgan fingerprint density at radius 3 is 2.19 bits per heavy atom. The quantitative estimate of drug-likeness (QED) is 0.202. The predicted octanol–water partition coefficient (Wildman–Crippen LogP) is 3.12. The van der Waals surface area contributed by atoms with Gasteiger partial charge in [-0.2, -0.15) is 31.4 Å². The van der Waals surface area contributed by atoms with Gasteiger partial charge in [0.05, 0.1) is 29.1 Å². The van der Waals surface area contributed by atoms with Crippen LogP contribution in [0.5, 0.6) is 0 Å². The van der Waals surface area contributed by atoms with Gasteiger partial charge in [0.2, 0.25) is 5.91 Å². The van der Waals surface area contributed by atoms with E-state index in [0.717, 1.165) is 4.68 Å². The number of primary amides is 1. The van der Waals surface area contributed by atoms with Crippen LogP contribution in [-0.2, 0) is 31.7 Å². The number of alkyl halides is 6. The Bertz CT molecular complexity index is 1560. The first-order valence-corrected chi connectivity index (χ1v) is 14.5. The van der Waals surface area contributed by atoms with Crippen molar-refractivity contribution in [2.45, 2.75) is 76.9 Å². The highest BCUT2D eigenvalue weighted by Crippen LogP contribution is 2.42. The van der Waals surface area contributed by atoms with Gasteiger partial charge in [0, 0.05) is 18.2 Å². The average Bonchev–Trinajstić information content (AvgIpc) is 3.36. The van der Waals surface area contributed by atoms with Crippen LogP contribution < -0.4 is 22.1 Å². The molecule has 19 heteroatoms. The van der Waals surface area contributed by atoms with Crippen molar-refractivity contribution in [2.24, 2.45) is 16.9 Å². The van der Waals surface area contributed by atoms with Crippen molar-refractivity contribution in [3.8, 4) is 5.69 Å². The Labute approximate surface area is 269 Å². The molecule has 0 atom stereocenters. The number of Topliss-reactive ketones (excluding diaryl/α,β-unsaturated/α-hetero) is 1. The molecule has 7 N–H and O–H groups in total. The fourth-order valence-electron chi connectivity index (χ4n) is 5.37. The third-order valence-electron chi connectivity index (χ3n) is 7.52. The Morgan fingerprint density at radius 2 is 1.67 bits per heavy atom. The second kappa shape index (κ2) is 14.6. The van der Waals surface area contributed by atoms with Crippen LogP contribution >= 0.6 is 0 Å². The third-order valence-corrected chi connectivity index (χ3v) is 7.52. The lowest BCUT2D eigenvalue weighted by atomic mass is 9.75. The van der Waals surface area contributed by atoms with Crippen molar-refractivity contribution in [3.05, 3.63) is 40.7 Å². The number of anilines is 1. The lowest BCUT2D eigenvalue weighted by molar-refractivity contribution is -0.192. The molecule has 13 nitrogen and oxygen atoms in total. The van der Waals surface area contributed by atoms with E-state index in [1.54, 1.807) is 0 Å². The summed E-state index contributed by atoms with van der Waals surface area (Å²) in [6, 6.07) is 4.23. The molecule has 1 aromatic carbocycles. The van der Waals surface area contributed by atoms with Crippen molar-refractivity contribution in [3.63, 3.8) is 0 Å². The zero-order valence-electron chi connectivity index (χ0n) is 25.8. The fourth-order valence-corrected chi connectivity index (χ4v) is 5.37. The number of carbonyl (C=O) groups excluding carboxylic acids is 4. The number of amides is 2. The van der Waals surface area contributed by atoms with Crippen LogP contribution in [0.15, 0.2) is 18.2 Å². The molecular formula is C29H34F6N6O7. The number of aromatic nitrogens is 2. The summed E-state index contributed by atoms with van der Waals surface area (Å²) in [5, 5.41) is 16.6. The number of hydrogen-bond donors (Lipinski definition) is 5. The summed E-state index contributed by atoms with van der Waals surface area (Å²) < 4.78 is 79.9. The van der Waals surface area contributed by atoms with Gasteiger partial charge >= 0.3 is 24.3 Å². The fraction of sp³-hybridized carbons (Fsp3) is 0.517. The second-order valence-electron chi connectivity index (χ2n) is 12.0. The van der Waals surface area contributed by atoms with Gasteiger partial charge in [-0.3, -0.25) is 19.2 Å². The highest BCUT2D eigenvalue weighted by Gasteiger charge is 2.45. The van der Waals surface area contributed by atoms with Crippen LogP contribution in [0, 0.1) is 5.41 Å². The summed E-state index contributed by atoms with van der Waals surface area (Å²) in [6.45, 7) is 3.11. The van der Waals surface area contributed by atoms with E-state index in [1.807, 2.05) is 13.8 Å². The van der Waals surface area contributed by atoms with Crippen molar-refractivity contribution in [1.29, 1.82) is 0 Å². The molecule has 1 aromatic heterocycles. The summed E-state index contributed by atoms with van der Waals surface area (Å²) in [7, 11) is 0. The summed E-state index contributed by atoms with van der Waals surface area (Å²) in [4.78, 5) is 57.1. The normalized spacial score (nSPS) is 18.9. The number of nitrogens with one attached hydrogen (secondary N) is 2. The summed E-state index contributed by atoms with van der Waals surface area (Å²) in [5.41, 5.74) is 9.45. The molecule has 0 saturated heterocycles. The van der Waals surface area contributed by atoms with Crippen LogP contribution in [0.4, 0.5) is 32.0 Å². The second-order valence-corrected chi connectivity index (χ2v) is 12.0. The van der Waals surface area contributed by atoms with Gasteiger partial charge in [0.15, 0.2) is 11.5 Å². The number of halogens is 6. The summed E-state index contributed by atoms with van der Waals surface area (Å²) in [6.07, 6.45) is -7.93. The lowest BCUT2D eigenvalue weighted by Crippen LogP contribution is -2.37. The van der Waals surface area contributed by atoms with Gasteiger partial charge < -0.3 is 31.9 Å². The van der Waals surface area contributed by atoms with Gasteiger partial charge in [0.1, 0.15) is 12.6 Å². The number of benzene rings is 1. The molecule has 1 heterocycles. The molecule has 2 aliphatic rings. The van der Waals surface area contributed by atoms with Crippen LogP contribution in [0.25, 0.3) is 5.69 Å². The van der Waals surface area contributed by atoms with Crippen molar-refractivity contribution >= 4 is 35.2 Å². The van der Waals surface area contributed by atoms with Crippen molar-refractivity contribution < 1.29 is 60.2 Å². The van der Waals surface area contributed by atoms with Crippen LogP contribution in [0.2, 0.25) is 0 Å². The number of nitrogens with zero attached hydrogens (tertiary/aromatic N) is 2. The minimum absolute atomic E-state index is 0.0253. The molecule has 1 fully saturated rings. The molecule has 0 aliphatic heterocycles. The Hall–Kier alpha value is -4.68. The standard InChI is InChI=1S/C27H33F3N6O5.C2HF3O2/c1-26(2)10-19-23(20(37)11-26)24(27(28,29)30)35-36(19)15-5-8-17(25(32)40)18(9-15)34-14-3-6-16(7-4-14)41-22(39)13-33-21(38)12-31;3-2(4,5)1(6)7/h5,8-9,14,16,34H,3-4,6-7,10-13,31H2,1-2H3,(H2,32,40)(H,33,38);(H,6,7). The maximum absolute atomic E-state index is 13.9. The molecule has 2 amide bonds. The number of carboxylic acids is 1. The van der Waals surface area contributed by atoms with E-state index in [2.05, 4.69) is 15.7 Å². The number of ether oxygens (including phenoxy) is 1. The number of carbonyl (C=O) groups is 5. The van der Waals surface area contributed by atoms with E-state index in [-0.39, 0.29) is 55.0 Å². The smallest absolute Gasteiger partial charge is 0.475 e. The molecule has 48 heavy (non-hydrogen) atoms. The number of rotatable bonds is 8. The number of esters is 1. The number of fused-ring (bicyclic) bond motifs is 1. The monoisotopic (exact) mass is 692 g/mol. The van der Waals surface area contributed by atoms with Gasteiger partial charge in [-0.1, -0.05) is 13.8 Å². The molecule has 2 aliphatic carbocycles. The van der Waals surface area contributed by atoms with E-state index in [0.29, 0.717) is 31.4 Å². The topological polar surface area (TPSA) is 209 Å². The SMILES string of the molecule is CC1(C)CC(=O)c2c(C(F)(F)F)nn(-c3ccc(C(N)=O)c(NC4CCC(OC(=O)CNC(=O)CN)CC4)c3)c2C1.O=C(O)C(F)(F)F. The first kappa shape index (κ1) is 37.8. The molecule has 4 rings (SSSR count). The van der Waals surface area contributed by atoms with Crippen molar-refractivity contribution in [2.75, 3.05) is 18.4 Å². The van der Waals surface area contributed by atoms with Gasteiger partial charge in [-0.05, 0) is 55.7 Å². The van der Waals surface area contributed by atoms with Crippen molar-refractivity contribution in [1.82, 2.24) is 15.1 Å². The zero-order valence-corrected chi connectivity index (χ0v) is 25.8. The molecule has 1 saturated carbocycles. The minimum atomic E-state index is -5.08. The predicted molar refractivity (Wildman–Crippen MR) is 155 cm³/mol. The molecule has 2 aromatic rings. The summed E-state index contributed by atoms with van der Waals surface area (Å²) >= 11 is 0. The van der Waals surface area contributed by atoms with E-state index in [4.69, 9.17) is 26.1 Å².